The Balaban J connectivity index is 4.22. The largest absolute Gasteiger partial charge is 0.366 e. The van der Waals surface area contributed by atoms with Gasteiger partial charge in [0.15, 0.2) is 0 Å². The van der Waals surface area contributed by atoms with Crippen molar-refractivity contribution in [3.05, 3.63) is 11.6 Å². The Hall–Kier alpha value is -1.32. The van der Waals surface area contributed by atoms with Gasteiger partial charge in [-0.05, 0) is 19.8 Å². The van der Waals surface area contributed by atoms with Gasteiger partial charge in [0.2, 0.25) is 11.8 Å². The molecule has 0 aliphatic rings. The molecule has 0 fully saturated rings. The highest BCUT2D eigenvalue weighted by molar-refractivity contribution is 6.00. The number of nitrogens with one attached hydrogen (secondary N) is 1. The summed E-state index contributed by atoms with van der Waals surface area (Å²) in [6.07, 6.45) is 6.15. The molecule has 0 aromatic rings. The van der Waals surface area contributed by atoms with Crippen LogP contribution in [0.1, 0.15) is 46.0 Å². The lowest BCUT2D eigenvalue weighted by atomic mass is 10.1. The van der Waals surface area contributed by atoms with Gasteiger partial charge in [-0.3, -0.25) is 9.59 Å². The minimum atomic E-state index is -0.559. The van der Waals surface area contributed by atoms with E-state index in [0.717, 1.165) is 25.7 Å². The van der Waals surface area contributed by atoms with Gasteiger partial charge in [-0.15, -0.1) is 0 Å². The van der Waals surface area contributed by atoms with Gasteiger partial charge in [0, 0.05) is 18.2 Å². The van der Waals surface area contributed by atoms with Crippen LogP contribution < -0.4 is 11.1 Å². The molecule has 0 radical (unpaired) electrons. The lowest BCUT2D eigenvalue weighted by Crippen LogP contribution is -2.25. The molecular weight excluding hydrogens is 204 g/mol. The molecule has 0 heterocycles. The van der Waals surface area contributed by atoms with Crippen LogP contribution in [-0.4, -0.2) is 18.4 Å². The van der Waals surface area contributed by atoms with E-state index in [2.05, 4.69) is 12.2 Å². The van der Waals surface area contributed by atoms with Crippen LogP contribution >= 0.6 is 0 Å². The second-order valence-electron chi connectivity index (χ2n) is 3.74. The molecule has 0 spiro atoms. The summed E-state index contributed by atoms with van der Waals surface area (Å²) in [5.41, 5.74) is 5.55. The summed E-state index contributed by atoms with van der Waals surface area (Å²) in [6, 6.07) is 0. The number of primary amides is 1. The van der Waals surface area contributed by atoms with E-state index in [4.69, 9.17) is 5.73 Å². The Bertz CT molecular complexity index is 260. The van der Waals surface area contributed by atoms with Crippen LogP contribution in [0.4, 0.5) is 0 Å². The first-order valence-electron chi connectivity index (χ1n) is 5.90. The molecule has 0 atom stereocenters. The Morgan fingerprint density at radius 3 is 2.38 bits per heavy atom. The molecule has 0 bridgehead atoms. The third-order valence-corrected chi connectivity index (χ3v) is 2.25. The molecule has 0 aliphatic heterocycles. The average Bonchev–Trinajstić information content (AvgIpc) is 2.22. The van der Waals surface area contributed by atoms with E-state index < -0.39 is 5.91 Å². The molecule has 3 N–H and O–H groups in total. The monoisotopic (exact) mass is 226 g/mol. The molecule has 0 aromatic carbocycles. The number of rotatable bonds is 8. The molecule has 0 rings (SSSR count). The zero-order valence-electron chi connectivity index (χ0n) is 10.2. The van der Waals surface area contributed by atoms with Crippen molar-refractivity contribution in [2.24, 2.45) is 5.73 Å². The Kier molecular flexibility index (Phi) is 8.21. The predicted molar refractivity (Wildman–Crippen MR) is 64.7 cm³/mol. The van der Waals surface area contributed by atoms with Crippen molar-refractivity contribution in [3.63, 3.8) is 0 Å². The van der Waals surface area contributed by atoms with E-state index >= 15 is 0 Å². The number of carbonyl (C=O) groups is 2. The maximum Gasteiger partial charge on any atom is 0.247 e. The second kappa shape index (κ2) is 8.95. The maximum absolute atomic E-state index is 11.6. The summed E-state index contributed by atoms with van der Waals surface area (Å²) in [4.78, 5) is 22.3. The molecule has 92 valence electrons. The maximum atomic E-state index is 11.6. The zero-order chi connectivity index (χ0) is 12.4. The number of unbranched alkanes of at least 4 members (excludes halogenated alkanes) is 3. The fourth-order valence-electron chi connectivity index (χ4n) is 1.44. The molecule has 0 saturated heterocycles. The summed E-state index contributed by atoms with van der Waals surface area (Å²) in [5, 5.41) is 2.68. The van der Waals surface area contributed by atoms with Gasteiger partial charge in [0.05, 0.1) is 0 Å². The van der Waals surface area contributed by atoms with Crippen LogP contribution in [0.25, 0.3) is 0 Å². The quantitative estimate of drug-likeness (QED) is 0.486. The van der Waals surface area contributed by atoms with E-state index in [0.29, 0.717) is 18.5 Å². The fourth-order valence-corrected chi connectivity index (χ4v) is 1.44. The Morgan fingerprint density at radius 2 is 1.88 bits per heavy atom. The molecule has 16 heavy (non-hydrogen) atoms. The van der Waals surface area contributed by atoms with E-state index in [1.54, 1.807) is 0 Å². The second-order valence-corrected chi connectivity index (χ2v) is 3.74. The van der Waals surface area contributed by atoms with E-state index in [9.17, 15) is 9.59 Å². The van der Waals surface area contributed by atoms with Crippen molar-refractivity contribution >= 4 is 11.8 Å². The first-order valence-corrected chi connectivity index (χ1v) is 5.90. The molecule has 4 heteroatoms. The minimum Gasteiger partial charge on any atom is -0.366 e. The molecular formula is C12H22N2O2. The zero-order valence-corrected chi connectivity index (χ0v) is 10.2. The van der Waals surface area contributed by atoms with Crippen molar-refractivity contribution in [2.45, 2.75) is 46.0 Å². The third-order valence-electron chi connectivity index (χ3n) is 2.25. The number of likely N-dealkylation sites (N-methyl/N-ethyl adjacent to an activating group) is 1. The van der Waals surface area contributed by atoms with Gasteiger partial charge in [-0.2, -0.15) is 0 Å². The first-order chi connectivity index (χ1) is 7.61. The highest BCUT2D eigenvalue weighted by Crippen LogP contribution is 2.10. The molecule has 0 saturated carbocycles. The van der Waals surface area contributed by atoms with E-state index in [1.807, 2.05) is 6.92 Å². The summed E-state index contributed by atoms with van der Waals surface area (Å²) in [5.74, 6) is -0.741. The van der Waals surface area contributed by atoms with Crippen molar-refractivity contribution < 1.29 is 9.59 Å². The smallest absolute Gasteiger partial charge is 0.247 e. The van der Waals surface area contributed by atoms with Gasteiger partial charge in [0.1, 0.15) is 0 Å². The van der Waals surface area contributed by atoms with Gasteiger partial charge in [0.25, 0.3) is 0 Å². The highest BCUT2D eigenvalue weighted by Gasteiger charge is 2.08. The number of nitrogens with two attached hydrogens (primary N) is 1. The molecule has 2 amide bonds. The molecule has 0 unspecified atom stereocenters. The standard InChI is InChI=1S/C12H22N2O2/c1-3-5-6-7-8-10(9-11(13)15)12(16)14-4-2/h9H,3-8H2,1-2H3,(H2,13,15)(H,14,16)/b10-9-. The lowest BCUT2D eigenvalue weighted by molar-refractivity contribution is -0.118. The number of hydrogen-bond acceptors (Lipinski definition) is 2. The van der Waals surface area contributed by atoms with Gasteiger partial charge < -0.3 is 11.1 Å². The molecule has 4 nitrogen and oxygen atoms in total. The van der Waals surface area contributed by atoms with E-state index in [-0.39, 0.29) is 5.91 Å². The van der Waals surface area contributed by atoms with Crippen molar-refractivity contribution in [2.75, 3.05) is 6.54 Å². The first kappa shape index (κ1) is 14.7. The lowest BCUT2D eigenvalue weighted by Gasteiger charge is -2.06. The predicted octanol–water partition coefficient (Wildman–Crippen LogP) is 1.50. The van der Waals surface area contributed by atoms with Crippen LogP contribution in [0.3, 0.4) is 0 Å². The molecule has 0 aliphatic carbocycles. The van der Waals surface area contributed by atoms with Crippen LogP contribution in [0.15, 0.2) is 11.6 Å². The van der Waals surface area contributed by atoms with Crippen LogP contribution in [0, 0.1) is 0 Å². The third kappa shape index (κ3) is 7.04. The normalized spacial score (nSPS) is 11.2. The molecule has 0 aromatic heterocycles. The summed E-state index contributed by atoms with van der Waals surface area (Å²) in [7, 11) is 0. The number of hydrogen-bond donors (Lipinski definition) is 2. The van der Waals surface area contributed by atoms with E-state index in [1.165, 1.54) is 6.08 Å². The Morgan fingerprint density at radius 1 is 1.19 bits per heavy atom. The van der Waals surface area contributed by atoms with Crippen LogP contribution in [0.5, 0.6) is 0 Å². The topological polar surface area (TPSA) is 72.2 Å². The van der Waals surface area contributed by atoms with Crippen LogP contribution in [0.2, 0.25) is 0 Å². The fraction of sp³-hybridized carbons (Fsp3) is 0.667. The minimum absolute atomic E-state index is 0.183. The van der Waals surface area contributed by atoms with Crippen LogP contribution in [-0.2, 0) is 9.59 Å². The van der Waals surface area contributed by atoms with Gasteiger partial charge in [-0.25, -0.2) is 0 Å². The highest BCUT2D eigenvalue weighted by atomic mass is 16.2. The van der Waals surface area contributed by atoms with Crippen molar-refractivity contribution in [3.8, 4) is 0 Å². The summed E-state index contributed by atoms with van der Waals surface area (Å²) in [6.45, 7) is 4.53. The van der Waals surface area contributed by atoms with Crippen molar-refractivity contribution in [1.82, 2.24) is 5.32 Å². The number of carbonyl (C=O) groups excluding carboxylic acids is 2. The van der Waals surface area contributed by atoms with Crippen molar-refractivity contribution in [1.29, 1.82) is 0 Å². The Labute approximate surface area is 97.3 Å². The summed E-state index contributed by atoms with van der Waals surface area (Å²) < 4.78 is 0. The SMILES string of the molecule is CCCCCC/C(=C/C(N)=O)C(=O)NCC. The number of amides is 2. The summed E-state index contributed by atoms with van der Waals surface area (Å²) >= 11 is 0. The van der Waals surface area contributed by atoms with Gasteiger partial charge in [-0.1, -0.05) is 26.2 Å². The average molecular weight is 226 g/mol. The van der Waals surface area contributed by atoms with Gasteiger partial charge >= 0.3 is 0 Å².